The van der Waals surface area contributed by atoms with Crippen molar-refractivity contribution in [3.8, 4) is 0 Å². The zero-order valence-corrected chi connectivity index (χ0v) is 16.9. The molecule has 0 radical (unpaired) electrons. The number of carbonyl (C=O) groups excluding carboxylic acids is 1. The predicted molar refractivity (Wildman–Crippen MR) is 110 cm³/mol. The fraction of sp³-hybridized carbons (Fsp3) is 0.429. The highest BCUT2D eigenvalue weighted by atomic mass is 16.2. The lowest BCUT2D eigenvalue weighted by Crippen LogP contribution is -2.29. The number of benzene rings is 1. The molecule has 1 aromatic carbocycles. The van der Waals surface area contributed by atoms with E-state index >= 15 is 0 Å². The van der Waals surface area contributed by atoms with Crippen molar-refractivity contribution in [1.82, 2.24) is 19.3 Å². The zero-order chi connectivity index (χ0) is 20.3. The number of fused-ring (bicyclic) bond motifs is 1. The summed E-state index contributed by atoms with van der Waals surface area (Å²) in [5, 5.41) is 7.52. The topological polar surface area (TPSA) is 81.8 Å². The molecule has 28 heavy (non-hydrogen) atoms. The molecule has 3 rings (SSSR count). The molecule has 0 saturated carbocycles. The molecule has 3 aromatic rings. The second-order valence-electron chi connectivity index (χ2n) is 7.99. The van der Waals surface area contributed by atoms with Gasteiger partial charge in [0.15, 0.2) is 5.65 Å². The van der Waals surface area contributed by atoms with E-state index in [-0.39, 0.29) is 23.6 Å². The molecule has 0 bridgehead atoms. The Morgan fingerprint density at radius 3 is 2.54 bits per heavy atom. The molecular weight excluding hydrogens is 354 g/mol. The summed E-state index contributed by atoms with van der Waals surface area (Å²) in [6.07, 6.45) is 6.26. The van der Waals surface area contributed by atoms with Crippen LogP contribution in [-0.4, -0.2) is 25.2 Å². The van der Waals surface area contributed by atoms with Gasteiger partial charge < -0.3 is 5.32 Å². The smallest absolute Gasteiger partial charge is 0.264 e. The number of amides is 1. The van der Waals surface area contributed by atoms with E-state index in [2.05, 4.69) is 22.3 Å². The van der Waals surface area contributed by atoms with Crippen molar-refractivity contribution in [2.24, 2.45) is 0 Å². The largest absolute Gasteiger partial charge is 0.325 e. The van der Waals surface area contributed by atoms with Crippen LogP contribution in [0.4, 0.5) is 5.69 Å². The number of aryl methyl sites for hydroxylation is 1. The minimum absolute atomic E-state index is 0.0972. The van der Waals surface area contributed by atoms with Gasteiger partial charge in [-0.1, -0.05) is 25.5 Å². The normalized spacial score (nSPS) is 11.7. The summed E-state index contributed by atoms with van der Waals surface area (Å²) in [7, 11) is 0. The third kappa shape index (κ3) is 4.30. The lowest BCUT2D eigenvalue weighted by molar-refractivity contribution is -0.116. The molecule has 7 heteroatoms. The number of hydrogen-bond donors (Lipinski definition) is 1. The maximum Gasteiger partial charge on any atom is 0.264 e. The van der Waals surface area contributed by atoms with Crippen molar-refractivity contribution in [3.63, 3.8) is 0 Å². The Kier molecular flexibility index (Phi) is 5.63. The predicted octanol–water partition coefficient (Wildman–Crippen LogP) is 3.33. The molecule has 1 N–H and O–H groups in total. The van der Waals surface area contributed by atoms with Crippen LogP contribution in [0.25, 0.3) is 11.0 Å². The summed E-state index contributed by atoms with van der Waals surface area (Å²) in [5.41, 5.74) is 1.94. The van der Waals surface area contributed by atoms with Gasteiger partial charge in [-0.2, -0.15) is 5.10 Å². The molecule has 0 spiro atoms. The number of rotatable bonds is 6. The summed E-state index contributed by atoms with van der Waals surface area (Å²) in [4.78, 5) is 29.4. The van der Waals surface area contributed by atoms with Gasteiger partial charge in [-0.15, -0.1) is 0 Å². The molecule has 0 unspecified atom stereocenters. The van der Waals surface area contributed by atoms with E-state index in [1.807, 2.05) is 45.0 Å². The van der Waals surface area contributed by atoms with Crippen molar-refractivity contribution in [1.29, 1.82) is 0 Å². The lowest BCUT2D eigenvalue weighted by atomic mass is 10.1. The van der Waals surface area contributed by atoms with Crippen molar-refractivity contribution in [2.45, 2.75) is 59.0 Å². The van der Waals surface area contributed by atoms with Crippen molar-refractivity contribution in [3.05, 3.63) is 52.7 Å². The van der Waals surface area contributed by atoms with Crippen LogP contribution in [0.2, 0.25) is 0 Å². The second kappa shape index (κ2) is 7.96. The lowest BCUT2D eigenvalue weighted by Gasteiger charge is -2.19. The van der Waals surface area contributed by atoms with Gasteiger partial charge in [0.2, 0.25) is 5.91 Å². The highest BCUT2D eigenvalue weighted by molar-refractivity contribution is 5.90. The first-order chi connectivity index (χ1) is 13.3. The summed E-state index contributed by atoms with van der Waals surface area (Å²) < 4.78 is 3.02. The Bertz CT molecular complexity index is 1030. The molecule has 1 amide bonds. The van der Waals surface area contributed by atoms with Crippen molar-refractivity contribution >= 4 is 22.6 Å². The number of nitrogens with zero attached hydrogens (tertiary/aromatic N) is 4. The SMILES string of the molecule is CCCCc1ccc(NC(=O)Cn2cnc3c(cnn3C(C)(C)C)c2=O)cc1. The Hall–Kier alpha value is -2.96. The number of hydrogen-bond acceptors (Lipinski definition) is 4. The van der Waals surface area contributed by atoms with Gasteiger partial charge in [-0.05, 0) is 51.3 Å². The van der Waals surface area contributed by atoms with Gasteiger partial charge in [0.05, 0.1) is 11.7 Å². The molecule has 0 aliphatic heterocycles. The minimum atomic E-state index is -0.284. The molecule has 0 atom stereocenters. The van der Waals surface area contributed by atoms with E-state index < -0.39 is 0 Å². The van der Waals surface area contributed by atoms with E-state index in [0.29, 0.717) is 16.7 Å². The average molecular weight is 381 g/mol. The highest BCUT2D eigenvalue weighted by Crippen LogP contribution is 2.17. The van der Waals surface area contributed by atoms with Gasteiger partial charge in [0.25, 0.3) is 5.56 Å². The Morgan fingerprint density at radius 1 is 1.18 bits per heavy atom. The van der Waals surface area contributed by atoms with Gasteiger partial charge in [-0.25, -0.2) is 9.67 Å². The fourth-order valence-electron chi connectivity index (χ4n) is 3.04. The number of carbonyl (C=O) groups is 1. The maximum atomic E-state index is 12.7. The van der Waals surface area contributed by atoms with E-state index in [1.165, 1.54) is 22.7 Å². The molecule has 0 saturated heterocycles. The van der Waals surface area contributed by atoms with Gasteiger partial charge in [-0.3, -0.25) is 14.2 Å². The molecule has 148 valence electrons. The molecular formula is C21H27N5O2. The third-order valence-electron chi connectivity index (χ3n) is 4.56. The van der Waals surface area contributed by atoms with E-state index in [9.17, 15) is 9.59 Å². The quantitative estimate of drug-likeness (QED) is 0.710. The molecule has 2 heterocycles. The van der Waals surface area contributed by atoms with Gasteiger partial charge in [0, 0.05) is 5.69 Å². The Balaban J connectivity index is 1.73. The molecule has 2 aromatic heterocycles. The standard InChI is InChI=1S/C21H27N5O2/c1-5-6-7-15-8-10-16(11-9-15)24-18(27)13-25-14-22-19-17(20(25)28)12-23-26(19)21(2,3)4/h8-12,14H,5-7,13H2,1-4H3,(H,24,27). The summed E-state index contributed by atoms with van der Waals surface area (Å²) in [6, 6.07) is 7.82. The van der Waals surface area contributed by atoms with Crippen LogP contribution in [0.5, 0.6) is 0 Å². The first-order valence-corrected chi connectivity index (χ1v) is 9.62. The third-order valence-corrected chi connectivity index (χ3v) is 4.56. The molecule has 0 fully saturated rings. The second-order valence-corrected chi connectivity index (χ2v) is 7.99. The number of aromatic nitrogens is 4. The van der Waals surface area contributed by atoms with E-state index in [1.54, 1.807) is 4.68 Å². The van der Waals surface area contributed by atoms with Crippen molar-refractivity contribution < 1.29 is 4.79 Å². The van der Waals surface area contributed by atoms with E-state index in [4.69, 9.17) is 0 Å². The monoisotopic (exact) mass is 381 g/mol. The van der Waals surface area contributed by atoms with Crippen LogP contribution in [-0.2, 0) is 23.3 Å². The molecule has 0 aliphatic carbocycles. The van der Waals surface area contributed by atoms with Crippen molar-refractivity contribution in [2.75, 3.05) is 5.32 Å². The van der Waals surface area contributed by atoms with E-state index in [0.717, 1.165) is 19.3 Å². The van der Waals surface area contributed by atoms with Gasteiger partial charge in [0.1, 0.15) is 18.3 Å². The number of anilines is 1. The summed E-state index contributed by atoms with van der Waals surface area (Å²) in [5.74, 6) is -0.271. The van der Waals surface area contributed by atoms with Crippen LogP contribution >= 0.6 is 0 Å². The molecule has 0 aliphatic rings. The zero-order valence-electron chi connectivity index (χ0n) is 16.9. The van der Waals surface area contributed by atoms with Crippen LogP contribution in [0.1, 0.15) is 46.1 Å². The van der Waals surface area contributed by atoms with Crippen LogP contribution in [0.15, 0.2) is 41.6 Å². The maximum absolute atomic E-state index is 12.7. The average Bonchev–Trinajstić information content (AvgIpc) is 3.09. The Labute approximate surface area is 164 Å². The molecule has 7 nitrogen and oxygen atoms in total. The van der Waals surface area contributed by atoms with Crippen LogP contribution < -0.4 is 10.9 Å². The fourth-order valence-corrected chi connectivity index (χ4v) is 3.04. The first kappa shape index (κ1) is 19.8. The summed E-state index contributed by atoms with van der Waals surface area (Å²) >= 11 is 0. The number of unbranched alkanes of at least 4 members (excludes halogenated alkanes) is 1. The summed E-state index contributed by atoms with van der Waals surface area (Å²) in [6.45, 7) is 8.05. The minimum Gasteiger partial charge on any atom is -0.325 e. The van der Waals surface area contributed by atoms with Crippen LogP contribution in [0, 0.1) is 0 Å². The first-order valence-electron chi connectivity index (χ1n) is 9.62. The Morgan fingerprint density at radius 2 is 1.89 bits per heavy atom. The van der Waals surface area contributed by atoms with Gasteiger partial charge >= 0.3 is 0 Å². The van der Waals surface area contributed by atoms with Crippen LogP contribution in [0.3, 0.4) is 0 Å². The number of nitrogens with one attached hydrogen (secondary N) is 1. The highest BCUT2D eigenvalue weighted by Gasteiger charge is 2.20.